The van der Waals surface area contributed by atoms with E-state index in [0.29, 0.717) is 5.82 Å². The molecule has 1 atom stereocenters. The van der Waals surface area contributed by atoms with Crippen LogP contribution in [0.15, 0.2) is 42.7 Å². The van der Waals surface area contributed by atoms with E-state index in [0.717, 1.165) is 5.56 Å². The fourth-order valence-electron chi connectivity index (χ4n) is 2.26. The van der Waals surface area contributed by atoms with Crippen LogP contribution in [0.25, 0.3) is 0 Å². The number of benzene rings is 1. The van der Waals surface area contributed by atoms with Crippen molar-refractivity contribution in [1.82, 2.24) is 9.55 Å². The molecule has 1 heterocycles. The number of nitrogens with zero attached hydrogens (tertiary/aromatic N) is 4. The van der Waals surface area contributed by atoms with E-state index >= 15 is 0 Å². The van der Waals surface area contributed by atoms with Crippen LogP contribution in [0, 0.1) is 28.6 Å². The minimum Gasteiger partial charge on any atom is -0.332 e. The van der Waals surface area contributed by atoms with Crippen LogP contribution in [0.4, 0.5) is 0 Å². The van der Waals surface area contributed by atoms with E-state index in [1.807, 2.05) is 42.5 Å². The highest BCUT2D eigenvalue weighted by Gasteiger charge is 2.27. The average molecular weight is 278 g/mol. The molecule has 0 saturated heterocycles. The first-order valence-corrected chi connectivity index (χ1v) is 6.52. The van der Waals surface area contributed by atoms with E-state index in [1.165, 1.54) is 0 Å². The third-order valence-electron chi connectivity index (χ3n) is 3.38. The average Bonchev–Trinajstić information content (AvgIpc) is 2.94. The van der Waals surface area contributed by atoms with Gasteiger partial charge in [0.1, 0.15) is 5.92 Å². The lowest BCUT2D eigenvalue weighted by molar-refractivity contribution is 0.0957. The van der Waals surface area contributed by atoms with Crippen LogP contribution in [0.3, 0.4) is 0 Å². The molecular weight excluding hydrogens is 264 g/mol. The van der Waals surface area contributed by atoms with Crippen LogP contribution in [-0.4, -0.2) is 15.3 Å². The van der Waals surface area contributed by atoms with Crippen LogP contribution in [-0.2, 0) is 7.05 Å². The number of Topliss-reactive ketones (excluding diaryl/α,β-unsaturated/α-hetero) is 1. The third-order valence-corrected chi connectivity index (χ3v) is 3.38. The van der Waals surface area contributed by atoms with Gasteiger partial charge in [0.25, 0.3) is 0 Å². The summed E-state index contributed by atoms with van der Waals surface area (Å²) in [6.45, 7) is 0. The fourth-order valence-corrected chi connectivity index (χ4v) is 2.26. The maximum Gasteiger partial charge on any atom is 0.198 e. The maximum absolute atomic E-state index is 12.3. The van der Waals surface area contributed by atoms with Crippen molar-refractivity contribution in [2.24, 2.45) is 13.0 Å². The Kier molecular flexibility index (Phi) is 4.48. The zero-order valence-corrected chi connectivity index (χ0v) is 11.6. The molecule has 2 rings (SSSR count). The van der Waals surface area contributed by atoms with Crippen LogP contribution >= 0.6 is 0 Å². The standard InChI is InChI=1S/C16H14N4O/c1-20-8-7-19-16(20)15(21)9-14(13(10-17)11-18)12-5-3-2-4-6-12/h2-8,13-14H,9H2,1H3. The SMILES string of the molecule is Cn1ccnc1C(=O)CC(c1ccccc1)C(C#N)C#N. The Hall–Kier alpha value is -2.92. The monoisotopic (exact) mass is 278 g/mol. The lowest BCUT2D eigenvalue weighted by Crippen LogP contribution is -2.17. The highest BCUT2D eigenvalue weighted by atomic mass is 16.1. The molecular formula is C16H14N4O. The van der Waals surface area contributed by atoms with Crippen LogP contribution < -0.4 is 0 Å². The van der Waals surface area contributed by atoms with Gasteiger partial charge in [-0.25, -0.2) is 4.98 Å². The van der Waals surface area contributed by atoms with Gasteiger partial charge in [-0.3, -0.25) is 4.79 Å². The topological polar surface area (TPSA) is 82.5 Å². The van der Waals surface area contributed by atoms with E-state index in [-0.39, 0.29) is 12.2 Å². The van der Waals surface area contributed by atoms with Gasteiger partial charge in [0.2, 0.25) is 0 Å². The summed E-state index contributed by atoms with van der Waals surface area (Å²) in [7, 11) is 1.74. The highest BCUT2D eigenvalue weighted by Crippen LogP contribution is 2.28. The molecule has 2 aromatic rings. The number of hydrogen-bond donors (Lipinski definition) is 0. The van der Waals surface area contributed by atoms with Gasteiger partial charge >= 0.3 is 0 Å². The first-order valence-electron chi connectivity index (χ1n) is 6.52. The van der Waals surface area contributed by atoms with Crippen molar-refractivity contribution in [3.63, 3.8) is 0 Å². The summed E-state index contributed by atoms with van der Waals surface area (Å²) in [6.07, 6.45) is 3.33. The summed E-state index contributed by atoms with van der Waals surface area (Å²) < 4.78 is 1.64. The number of hydrogen-bond acceptors (Lipinski definition) is 4. The van der Waals surface area contributed by atoms with E-state index in [4.69, 9.17) is 10.5 Å². The van der Waals surface area contributed by atoms with Crippen molar-refractivity contribution in [1.29, 1.82) is 10.5 Å². The predicted molar refractivity (Wildman–Crippen MR) is 76.1 cm³/mol. The molecule has 0 spiro atoms. The summed E-state index contributed by atoms with van der Waals surface area (Å²) in [4.78, 5) is 16.4. The minimum atomic E-state index is -0.864. The van der Waals surface area contributed by atoms with Crippen molar-refractivity contribution in [2.75, 3.05) is 0 Å². The minimum absolute atomic E-state index is 0.0840. The number of aromatic nitrogens is 2. The summed E-state index contributed by atoms with van der Waals surface area (Å²) >= 11 is 0. The summed E-state index contributed by atoms with van der Waals surface area (Å²) in [5.74, 6) is -1.15. The number of ketones is 1. The number of carbonyl (C=O) groups excluding carboxylic acids is 1. The molecule has 5 nitrogen and oxygen atoms in total. The molecule has 0 amide bonds. The van der Waals surface area contributed by atoms with Gasteiger partial charge in [0.15, 0.2) is 11.6 Å². The molecule has 1 aromatic carbocycles. The van der Waals surface area contributed by atoms with Gasteiger partial charge < -0.3 is 4.57 Å². The molecule has 0 aliphatic heterocycles. The quantitative estimate of drug-likeness (QED) is 0.786. The molecule has 104 valence electrons. The van der Waals surface area contributed by atoms with Crippen molar-refractivity contribution in [3.05, 3.63) is 54.1 Å². The molecule has 1 unspecified atom stereocenters. The maximum atomic E-state index is 12.3. The second-order valence-corrected chi connectivity index (χ2v) is 4.74. The predicted octanol–water partition coefficient (Wildman–Crippen LogP) is 2.44. The molecule has 0 aliphatic carbocycles. The lowest BCUT2D eigenvalue weighted by Gasteiger charge is -2.17. The van der Waals surface area contributed by atoms with Gasteiger partial charge in [0.05, 0.1) is 12.1 Å². The number of carbonyl (C=O) groups is 1. The number of rotatable bonds is 5. The van der Waals surface area contributed by atoms with Gasteiger partial charge in [-0.2, -0.15) is 10.5 Å². The molecule has 0 fully saturated rings. The molecule has 0 radical (unpaired) electrons. The molecule has 0 aliphatic rings. The van der Waals surface area contributed by atoms with Gasteiger partial charge in [0, 0.05) is 31.8 Å². The van der Waals surface area contributed by atoms with E-state index in [2.05, 4.69) is 4.98 Å². The Labute approximate surface area is 123 Å². The van der Waals surface area contributed by atoms with Crippen molar-refractivity contribution < 1.29 is 4.79 Å². The highest BCUT2D eigenvalue weighted by molar-refractivity contribution is 5.93. The number of imidazole rings is 1. The van der Waals surface area contributed by atoms with Crippen molar-refractivity contribution in [3.8, 4) is 12.1 Å². The zero-order chi connectivity index (χ0) is 15.2. The Balaban J connectivity index is 2.30. The largest absolute Gasteiger partial charge is 0.332 e. The second-order valence-electron chi connectivity index (χ2n) is 4.74. The first kappa shape index (κ1) is 14.5. The Morgan fingerprint density at radius 1 is 1.29 bits per heavy atom. The van der Waals surface area contributed by atoms with Crippen LogP contribution in [0.5, 0.6) is 0 Å². The number of nitriles is 2. The number of aryl methyl sites for hydroxylation is 1. The van der Waals surface area contributed by atoms with E-state index in [1.54, 1.807) is 24.0 Å². The first-order chi connectivity index (χ1) is 10.2. The summed E-state index contributed by atoms with van der Waals surface area (Å²) in [6, 6.07) is 13.1. The van der Waals surface area contributed by atoms with E-state index < -0.39 is 11.8 Å². The molecule has 5 heteroatoms. The van der Waals surface area contributed by atoms with Crippen LogP contribution in [0.1, 0.15) is 28.5 Å². The van der Waals surface area contributed by atoms with Gasteiger partial charge in [-0.05, 0) is 5.56 Å². The normalized spacial score (nSPS) is 11.6. The Morgan fingerprint density at radius 3 is 2.48 bits per heavy atom. The zero-order valence-electron chi connectivity index (χ0n) is 11.6. The van der Waals surface area contributed by atoms with Gasteiger partial charge in [-0.1, -0.05) is 30.3 Å². The van der Waals surface area contributed by atoms with Crippen LogP contribution in [0.2, 0.25) is 0 Å². The fraction of sp³-hybridized carbons (Fsp3) is 0.250. The Bertz CT molecular complexity index is 692. The molecule has 1 aromatic heterocycles. The van der Waals surface area contributed by atoms with E-state index in [9.17, 15) is 4.79 Å². The van der Waals surface area contributed by atoms with Gasteiger partial charge in [-0.15, -0.1) is 0 Å². The summed E-state index contributed by atoms with van der Waals surface area (Å²) in [5.41, 5.74) is 0.813. The molecule has 21 heavy (non-hydrogen) atoms. The smallest absolute Gasteiger partial charge is 0.198 e. The van der Waals surface area contributed by atoms with Crippen molar-refractivity contribution in [2.45, 2.75) is 12.3 Å². The second kappa shape index (κ2) is 6.49. The van der Waals surface area contributed by atoms with Crippen molar-refractivity contribution >= 4 is 5.78 Å². The lowest BCUT2D eigenvalue weighted by atomic mass is 9.84. The summed E-state index contributed by atoms with van der Waals surface area (Å²) in [5, 5.41) is 18.3. The molecule has 0 bridgehead atoms. The third kappa shape index (κ3) is 3.16. The molecule has 0 saturated carbocycles. The Morgan fingerprint density at radius 2 is 1.95 bits per heavy atom. The molecule has 0 N–H and O–H groups in total.